The normalized spacial score (nSPS) is 15.6. The standard InChI is InChI=1S/C16H22O3/c1-18-10-11-19-16-9-5-4-8-14(16)15(17)12-13-6-2-3-7-13/h4-5,8-9,13H,2-3,6-7,10-12H2,1H3. The zero-order chi connectivity index (χ0) is 13.5. The fourth-order valence-electron chi connectivity index (χ4n) is 2.64. The van der Waals surface area contributed by atoms with E-state index >= 15 is 0 Å². The Morgan fingerprint density at radius 1 is 1.21 bits per heavy atom. The monoisotopic (exact) mass is 262 g/mol. The molecule has 0 unspecified atom stereocenters. The van der Waals surface area contributed by atoms with Crippen molar-refractivity contribution >= 4 is 5.78 Å². The van der Waals surface area contributed by atoms with Gasteiger partial charge in [-0.3, -0.25) is 4.79 Å². The Bertz CT molecular complexity index is 408. The molecule has 1 aromatic rings. The quantitative estimate of drug-likeness (QED) is 0.557. The maximum atomic E-state index is 12.3. The van der Waals surface area contributed by atoms with Crippen LogP contribution in [0.5, 0.6) is 5.75 Å². The van der Waals surface area contributed by atoms with Crippen molar-refractivity contribution < 1.29 is 14.3 Å². The molecule has 1 aromatic carbocycles. The van der Waals surface area contributed by atoms with Crippen LogP contribution in [-0.4, -0.2) is 26.1 Å². The fraction of sp³-hybridized carbons (Fsp3) is 0.562. The van der Waals surface area contributed by atoms with Crippen molar-refractivity contribution in [2.75, 3.05) is 20.3 Å². The third kappa shape index (κ3) is 4.06. The van der Waals surface area contributed by atoms with Gasteiger partial charge >= 0.3 is 0 Å². The molecule has 0 saturated heterocycles. The smallest absolute Gasteiger partial charge is 0.166 e. The van der Waals surface area contributed by atoms with Crippen LogP contribution in [0, 0.1) is 5.92 Å². The van der Waals surface area contributed by atoms with E-state index < -0.39 is 0 Å². The molecule has 19 heavy (non-hydrogen) atoms. The Labute approximate surface area is 114 Å². The van der Waals surface area contributed by atoms with Gasteiger partial charge in [-0.25, -0.2) is 0 Å². The summed E-state index contributed by atoms with van der Waals surface area (Å²) in [5, 5.41) is 0. The summed E-state index contributed by atoms with van der Waals surface area (Å²) in [5.74, 6) is 1.46. The second kappa shape index (κ2) is 7.29. The molecule has 0 heterocycles. The number of Topliss-reactive ketones (excluding diaryl/α,β-unsaturated/α-hetero) is 1. The molecule has 1 saturated carbocycles. The summed E-state index contributed by atoms with van der Waals surface area (Å²) in [6.07, 6.45) is 5.58. The van der Waals surface area contributed by atoms with E-state index in [4.69, 9.17) is 9.47 Å². The molecule has 0 radical (unpaired) electrons. The average molecular weight is 262 g/mol. The highest BCUT2D eigenvalue weighted by Crippen LogP contribution is 2.30. The minimum Gasteiger partial charge on any atom is -0.490 e. The highest BCUT2D eigenvalue weighted by Gasteiger charge is 2.21. The number of ether oxygens (including phenoxy) is 2. The lowest BCUT2D eigenvalue weighted by Gasteiger charge is -2.12. The summed E-state index contributed by atoms with van der Waals surface area (Å²) in [7, 11) is 1.64. The summed E-state index contributed by atoms with van der Waals surface area (Å²) in [6.45, 7) is 1.01. The van der Waals surface area contributed by atoms with Crippen molar-refractivity contribution in [3.05, 3.63) is 29.8 Å². The largest absolute Gasteiger partial charge is 0.490 e. The number of methoxy groups -OCH3 is 1. The molecule has 2 rings (SSSR count). The molecule has 0 aliphatic heterocycles. The molecule has 0 N–H and O–H groups in total. The van der Waals surface area contributed by atoms with Crippen molar-refractivity contribution in [3.8, 4) is 5.75 Å². The van der Waals surface area contributed by atoms with Gasteiger partial charge in [-0.15, -0.1) is 0 Å². The molecule has 3 heteroatoms. The van der Waals surface area contributed by atoms with Gasteiger partial charge in [-0.05, 0) is 18.1 Å². The summed E-state index contributed by atoms with van der Waals surface area (Å²) in [6, 6.07) is 7.51. The summed E-state index contributed by atoms with van der Waals surface area (Å²) in [5.41, 5.74) is 0.713. The maximum Gasteiger partial charge on any atom is 0.166 e. The van der Waals surface area contributed by atoms with Gasteiger partial charge in [0, 0.05) is 13.5 Å². The van der Waals surface area contributed by atoms with Crippen molar-refractivity contribution in [2.45, 2.75) is 32.1 Å². The van der Waals surface area contributed by atoms with E-state index in [9.17, 15) is 4.79 Å². The first kappa shape index (κ1) is 14.1. The van der Waals surface area contributed by atoms with Crippen molar-refractivity contribution in [3.63, 3.8) is 0 Å². The van der Waals surface area contributed by atoms with Crippen molar-refractivity contribution in [1.82, 2.24) is 0 Å². The van der Waals surface area contributed by atoms with E-state index in [2.05, 4.69) is 0 Å². The molecule has 1 aliphatic carbocycles. The lowest BCUT2D eigenvalue weighted by atomic mass is 9.96. The molecule has 0 spiro atoms. The van der Waals surface area contributed by atoms with Gasteiger partial charge in [0.15, 0.2) is 5.78 Å². The predicted molar refractivity (Wildman–Crippen MR) is 74.7 cm³/mol. The molecule has 1 fully saturated rings. The minimum absolute atomic E-state index is 0.208. The summed E-state index contributed by atoms with van der Waals surface area (Å²) in [4.78, 5) is 12.3. The van der Waals surface area contributed by atoms with Crippen LogP contribution >= 0.6 is 0 Å². The minimum atomic E-state index is 0.208. The number of para-hydroxylation sites is 1. The van der Waals surface area contributed by atoms with Gasteiger partial charge in [0.1, 0.15) is 12.4 Å². The van der Waals surface area contributed by atoms with Crippen molar-refractivity contribution in [1.29, 1.82) is 0 Å². The van der Waals surface area contributed by atoms with E-state index in [0.717, 1.165) is 0 Å². The van der Waals surface area contributed by atoms with E-state index in [0.29, 0.717) is 36.9 Å². The zero-order valence-corrected chi connectivity index (χ0v) is 11.6. The van der Waals surface area contributed by atoms with E-state index in [1.165, 1.54) is 25.7 Å². The Morgan fingerprint density at radius 3 is 2.68 bits per heavy atom. The molecular formula is C16H22O3. The molecule has 0 aromatic heterocycles. The van der Waals surface area contributed by atoms with Crippen LogP contribution in [0.2, 0.25) is 0 Å². The SMILES string of the molecule is COCCOc1ccccc1C(=O)CC1CCCC1. The Morgan fingerprint density at radius 2 is 1.95 bits per heavy atom. The Balaban J connectivity index is 1.98. The first-order chi connectivity index (χ1) is 9.31. The molecular weight excluding hydrogens is 240 g/mol. The average Bonchev–Trinajstić information content (AvgIpc) is 2.92. The van der Waals surface area contributed by atoms with E-state index in [1.54, 1.807) is 7.11 Å². The number of carbonyl (C=O) groups is 1. The second-order valence-electron chi connectivity index (χ2n) is 5.12. The van der Waals surface area contributed by atoms with Crippen molar-refractivity contribution in [2.24, 2.45) is 5.92 Å². The first-order valence-electron chi connectivity index (χ1n) is 7.05. The van der Waals surface area contributed by atoms with Crippen LogP contribution in [-0.2, 0) is 4.74 Å². The zero-order valence-electron chi connectivity index (χ0n) is 11.6. The third-order valence-corrected chi connectivity index (χ3v) is 3.68. The van der Waals surface area contributed by atoms with Gasteiger partial charge in [-0.1, -0.05) is 37.8 Å². The maximum absolute atomic E-state index is 12.3. The van der Waals surface area contributed by atoms with Gasteiger partial charge in [0.2, 0.25) is 0 Å². The van der Waals surface area contributed by atoms with Gasteiger partial charge in [0.25, 0.3) is 0 Å². The van der Waals surface area contributed by atoms with Gasteiger partial charge in [0.05, 0.1) is 12.2 Å². The van der Waals surface area contributed by atoms with Gasteiger partial charge < -0.3 is 9.47 Å². The fourth-order valence-corrected chi connectivity index (χ4v) is 2.64. The van der Waals surface area contributed by atoms with E-state index in [1.807, 2.05) is 24.3 Å². The van der Waals surface area contributed by atoms with Crippen LogP contribution < -0.4 is 4.74 Å². The van der Waals surface area contributed by atoms with Crippen LogP contribution in [0.4, 0.5) is 0 Å². The first-order valence-corrected chi connectivity index (χ1v) is 7.05. The number of hydrogen-bond acceptors (Lipinski definition) is 3. The number of rotatable bonds is 7. The number of benzene rings is 1. The molecule has 1 aliphatic rings. The highest BCUT2D eigenvalue weighted by atomic mass is 16.5. The van der Waals surface area contributed by atoms with Gasteiger partial charge in [-0.2, -0.15) is 0 Å². The van der Waals surface area contributed by atoms with Crippen LogP contribution in [0.15, 0.2) is 24.3 Å². The molecule has 0 bridgehead atoms. The Hall–Kier alpha value is -1.35. The lowest BCUT2D eigenvalue weighted by molar-refractivity contribution is 0.0954. The number of hydrogen-bond donors (Lipinski definition) is 0. The molecule has 104 valence electrons. The van der Waals surface area contributed by atoms with Crippen LogP contribution in [0.3, 0.4) is 0 Å². The highest BCUT2D eigenvalue weighted by molar-refractivity contribution is 5.98. The molecule has 0 amide bonds. The third-order valence-electron chi connectivity index (χ3n) is 3.68. The van der Waals surface area contributed by atoms with E-state index in [-0.39, 0.29) is 5.78 Å². The number of ketones is 1. The Kier molecular flexibility index (Phi) is 5.40. The molecule has 3 nitrogen and oxygen atoms in total. The summed E-state index contributed by atoms with van der Waals surface area (Å²) < 4.78 is 10.6. The molecule has 0 atom stereocenters. The summed E-state index contributed by atoms with van der Waals surface area (Å²) >= 11 is 0. The lowest BCUT2D eigenvalue weighted by Crippen LogP contribution is -2.10. The van der Waals surface area contributed by atoms with Crippen LogP contribution in [0.25, 0.3) is 0 Å². The second-order valence-corrected chi connectivity index (χ2v) is 5.12. The topological polar surface area (TPSA) is 35.5 Å². The van der Waals surface area contributed by atoms with Crippen LogP contribution in [0.1, 0.15) is 42.5 Å². The number of carbonyl (C=O) groups excluding carboxylic acids is 1. The predicted octanol–water partition coefficient (Wildman–Crippen LogP) is 3.47.